The van der Waals surface area contributed by atoms with Gasteiger partial charge in [0.15, 0.2) is 0 Å². The summed E-state index contributed by atoms with van der Waals surface area (Å²) in [5.41, 5.74) is 0.238. The second kappa shape index (κ2) is 4.37. The van der Waals surface area contributed by atoms with Gasteiger partial charge in [-0.2, -0.15) is 5.26 Å². The lowest BCUT2D eigenvalue weighted by molar-refractivity contribution is 0.160. The Bertz CT molecular complexity index is 272. The predicted octanol–water partition coefficient (Wildman–Crippen LogP) is 3.38. The summed E-state index contributed by atoms with van der Waals surface area (Å²) in [5.74, 6) is 0. The molecule has 0 aromatic rings. The van der Waals surface area contributed by atoms with Crippen LogP contribution in [0.3, 0.4) is 0 Å². The third-order valence-electron chi connectivity index (χ3n) is 4.51. The van der Waals surface area contributed by atoms with Crippen LogP contribution in [0.1, 0.15) is 65.2 Å². The highest BCUT2D eigenvalue weighted by Gasteiger charge is 2.39. The first-order valence-electron chi connectivity index (χ1n) is 6.74. The molecule has 2 aliphatic carbocycles. The second-order valence-corrected chi connectivity index (χ2v) is 6.48. The minimum Gasteiger partial charge on any atom is -0.297 e. The van der Waals surface area contributed by atoms with E-state index < -0.39 is 0 Å². The molecule has 90 valence electrons. The van der Waals surface area contributed by atoms with Gasteiger partial charge in [0.05, 0.1) is 6.07 Å². The number of nitrogens with one attached hydrogen (secondary N) is 1. The summed E-state index contributed by atoms with van der Waals surface area (Å²) in [7, 11) is 0. The standard InChI is InChI=1S/C14H24N2/c1-13(2)7-9-14(11-15,10-8-13)16-12-5-3-4-6-12/h12,16H,3-10H2,1-2H3. The molecule has 0 atom stereocenters. The van der Waals surface area contributed by atoms with Crippen LogP contribution in [0.2, 0.25) is 0 Å². The molecule has 0 spiro atoms. The molecule has 0 aromatic carbocycles. The Hall–Kier alpha value is -0.550. The first kappa shape index (κ1) is 11.9. The van der Waals surface area contributed by atoms with E-state index in [0.717, 1.165) is 12.8 Å². The van der Waals surface area contributed by atoms with E-state index >= 15 is 0 Å². The van der Waals surface area contributed by atoms with Crippen LogP contribution in [-0.4, -0.2) is 11.6 Å². The highest BCUT2D eigenvalue weighted by atomic mass is 15.0. The zero-order valence-electron chi connectivity index (χ0n) is 10.7. The smallest absolute Gasteiger partial charge is 0.107 e. The SMILES string of the molecule is CC1(C)CCC(C#N)(NC2CCCC2)CC1. The number of nitrogens with zero attached hydrogens (tertiary/aromatic N) is 1. The number of nitriles is 1. The van der Waals surface area contributed by atoms with Crippen LogP contribution < -0.4 is 5.32 Å². The maximum absolute atomic E-state index is 9.46. The normalized spacial score (nSPS) is 28.8. The van der Waals surface area contributed by atoms with Gasteiger partial charge in [0, 0.05) is 6.04 Å². The van der Waals surface area contributed by atoms with Crippen LogP contribution in [0, 0.1) is 16.7 Å². The minimum absolute atomic E-state index is 0.204. The van der Waals surface area contributed by atoms with Crippen molar-refractivity contribution in [2.45, 2.75) is 76.8 Å². The quantitative estimate of drug-likeness (QED) is 0.774. The lowest BCUT2D eigenvalue weighted by atomic mass is 9.69. The van der Waals surface area contributed by atoms with E-state index in [1.54, 1.807) is 0 Å². The van der Waals surface area contributed by atoms with Gasteiger partial charge in [-0.3, -0.25) is 5.32 Å². The topological polar surface area (TPSA) is 35.8 Å². The van der Waals surface area contributed by atoms with Gasteiger partial charge in [-0.25, -0.2) is 0 Å². The van der Waals surface area contributed by atoms with Gasteiger partial charge >= 0.3 is 0 Å². The van der Waals surface area contributed by atoms with Crippen molar-refractivity contribution in [3.63, 3.8) is 0 Å². The third-order valence-corrected chi connectivity index (χ3v) is 4.51. The van der Waals surface area contributed by atoms with Crippen LogP contribution in [0.25, 0.3) is 0 Å². The molecule has 2 heteroatoms. The van der Waals surface area contributed by atoms with Gasteiger partial charge in [-0.15, -0.1) is 0 Å². The molecule has 0 radical (unpaired) electrons. The maximum atomic E-state index is 9.46. The molecule has 0 bridgehead atoms. The van der Waals surface area contributed by atoms with Crippen molar-refractivity contribution in [3.8, 4) is 6.07 Å². The molecular weight excluding hydrogens is 196 g/mol. The van der Waals surface area contributed by atoms with Gasteiger partial charge in [0.1, 0.15) is 5.54 Å². The zero-order chi connectivity index (χ0) is 11.6. The molecular formula is C14H24N2. The predicted molar refractivity (Wildman–Crippen MR) is 66.0 cm³/mol. The molecule has 2 aliphatic rings. The Morgan fingerprint density at radius 2 is 1.62 bits per heavy atom. The average Bonchev–Trinajstić information content (AvgIpc) is 2.74. The van der Waals surface area contributed by atoms with E-state index in [1.165, 1.54) is 38.5 Å². The monoisotopic (exact) mass is 220 g/mol. The Morgan fingerprint density at radius 3 is 2.12 bits per heavy atom. The Labute approximate surface area is 99.4 Å². The van der Waals surface area contributed by atoms with Crippen molar-refractivity contribution in [1.29, 1.82) is 5.26 Å². The fourth-order valence-electron chi connectivity index (χ4n) is 3.10. The van der Waals surface area contributed by atoms with Gasteiger partial charge in [-0.1, -0.05) is 26.7 Å². The van der Waals surface area contributed by atoms with Crippen molar-refractivity contribution in [2.24, 2.45) is 5.41 Å². The van der Waals surface area contributed by atoms with Crippen LogP contribution in [0.4, 0.5) is 0 Å². The number of hydrogen-bond donors (Lipinski definition) is 1. The van der Waals surface area contributed by atoms with E-state index in [4.69, 9.17) is 0 Å². The molecule has 0 unspecified atom stereocenters. The molecule has 0 saturated heterocycles. The third kappa shape index (κ3) is 2.58. The zero-order valence-corrected chi connectivity index (χ0v) is 10.7. The van der Waals surface area contributed by atoms with Crippen LogP contribution in [-0.2, 0) is 0 Å². The first-order valence-corrected chi connectivity index (χ1v) is 6.74. The van der Waals surface area contributed by atoms with Crippen molar-refractivity contribution in [3.05, 3.63) is 0 Å². The second-order valence-electron chi connectivity index (χ2n) is 6.48. The van der Waals surface area contributed by atoms with E-state index in [1.807, 2.05) is 0 Å². The Balaban J connectivity index is 1.96. The Morgan fingerprint density at radius 1 is 1.06 bits per heavy atom. The average molecular weight is 220 g/mol. The fraction of sp³-hybridized carbons (Fsp3) is 0.929. The van der Waals surface area contributed by atoms with Crippen molar-refractivity contribution in [1.82, 2.24) is 5.32 Å². The summed E-state index contributed by atoms with van der Waals surface area (Å²) >= 11 is 0. The van der Waals surface area contributed by atoms with Gasteiger partial charge in [0.25, 0.3) is 0 Å². The van der Waals surface area contributed by atoms with Gasteiger partial charge < -0.3 is 0 Å². The Kier molecular flexibility index (Phi) is 3.26. The number of rotatable bonds is 2. The van der Waals surface area contributed by atoms with Crippen LogP contribution >= 0.6 is 0 Å². The van der Waals surface area contributed by atoms with Crippen LogP contribution in [0.5, 0.6) is 0 Å². The van der Waals surface area contributed by atoms with E-state index in [2.05, 4.69) is 25.2 Å². The van der Waals surface area contributed by atoms with E-state index in [9.17, 15) is 5.26 Å². The summed E-state index contributed by atoms with van der Waals surface area (Å²) in [6.07, 6.45) is 9.65. The molecule has 1 N–H and O–H groups in total. The highest BCUT2D eigenvalue weighted by molar-refractivity contribution is 5.11. The van der Waals surface area contributed by atoms with Gasteiger partial charge in [-0.05, 0) is 43.9 Å². The molecule has 0 heterocycles. The maximum Gasteiger partial charge on any atom is 0.107 e. The van der Waals surface area contributed by atoms with Crippen molar-refractivity contribution in [2.75, 3.05) is 0 Å². The first-order chi connectivity index (χ1) is 7.55. The number of hydrogen-bond acceptors (Lipinski definition) is 2. The summed E-state index contributed by atoms with van der Waals surface area (Å²) in [6, 6.07) is 3.18. The molecule has 2 nitrogen and oxygen atoms in total. The van der Waals surface area contributed by atoms with Crippen molar-refractivity contribution >= 4 is 0 Å². The van der Waals surface area contributed by atoms with Crippen molar-refractivity contribution < 1.29 is 0 Å². The van der Waals surface area contributed by atoms with E-state index in [0.29, 0.717) is 11.5 Å². The molecule has 16 heavy (non-hydrogen) atoms. The van der Waals surface area contributed by atoms with E-state index in [-0.39, 0.29) is 5.54 Å². The van der Waals surface area contributed by atoms with Crippen LogP contribution in [0.15, 0.2) is 0 Å². The molecule has 2 fully saturated rings. The summed E-state index contributed by atoms with van der Waals surface area (Å²) in [6.45, 7) is 4.65. The molecule has 0 amide bonds. The minimum atomic E-state index is -0.204. The van der Waals surface area contributed by atoms with Gasteiger partial charge in [0.2, 0.25) is 0 Å². The largest absolute Gasteiger partial charge is 0.297 e. The molecule has 0 aromatic heterocycles. The highest BCUT2D eigenvalue weighted by Crippen LogP contribution is 2.40. The molecule has 0 aliphatic heterocycles. The molecule has 2 rings (SSSR count). The summed E-state index contributed by atoms with van der Waals surface area (Å²) in [5, 5.41) is 13.1. The fourth-order valence-corrected chi connectivity index (χ4v) is 3.10. The summed E-state index contributed by atoms with van der Waals surface area (Å²) < 4.78 is 0. The molecule has 2 saturated carbocycles. The lowest BCUT2D eigenvalue weighted by Crippen LogP contribution is -2.51. The lowest BCUT2D eigenvalue weighted by Gasteiger charge is -2.41. The summed E-state index contributed by atoms with van der Waals surface area (Å²) in [4.78, 5) is 0.